The molecule has 0 aliphatic carbocycles. The molecule has 3 heterocycles. The second-order valence-electron chi connectivity index (χ2n) is 7.62. The Labute approximate surface area is 147 Å². The van der Waals surface area contributed by atoms with Gasteiger partial charge in [-0.3, -0.25) is 4.98 Å². The molecule has 7 heteroatoms. The van der Waals surface area contributed by atoms with E-state index in [-0.39, 0.29) is 30.2 Å². The largest absolute Gasteiger partial charge is 0.473 e. The first-order valence-corrected chi connectivity index (χ1v) is 8.78. The summed E-state index contributed by atoms with van der Waals surface area (Å²) >= 11 is 5.87. The molecule has 0 spiro atoms. The molecule has 0 unspecified atom stereocenters. The van der Waals surface area contributed by atoms with Gasteiger partial charge < -0.3 is 14.4 Å². The van der Waals surface area contributed by atoms with Crippen LogP contribution < -0.4 is 4.74 Å². The van der Waals surface area contributed by atoms with Crippen molar-refractivity contribution in [2.24, 2.45) is 5.92 Å². The molecule has 0 radical (unpaired) electrons. The molecule has 4 atom stereocenters. The molecule has 0 saturated carbocycles. The average Bonchev–Trinajstić information content (AvgIpc) is 2.81. The number of carbonyl (C=O) groups excluding carboxylic acids is 1. The maximum Gasteiger partial charge on any atom is 0.410 e. The van der Waals surface area contributed by atoms with Crippen LogP contribution in [0.5, 0.6) is 5.88 Å². The SMILES string of the molecule is C[C@H]1[C@@H](Oc2cncc(Cl)n2)C[C@@H]2CC[C@H]1N2C(=O)OC(C)(C)C. The first-order chi connectivity index (χ1) is 11.2. The number of amides is 1. The predicted octanol–water partition coefficient (Wildman–Crippen LogP) is 3.69. The highest BCUT2D eigenvalue weighted by Crippen LogP contribution is 2.41. The summed E-state index contributed by atoms with van der Waals surface area (Å²) < 4.78 is 11.6. The fourth-order valence-corrected chi connectivity index (χ4v) is 3.82. The van der Waals surface area contributed by atoms with Crippen LogP contribution in [-0.4, -0.2) is 44.7 Å². The van der Waals surface area contributed by atoms with Crippen molar-refractivity contribution in [1.29, 1.82) is 0 Å². The molecule has 2 bridgehead atoms. The quantitative estimate of drug-likeness (QED) is 0.811. The maximum absolute atomic E-state index is 12.6. The third-order valence-electron chi connectivity index (χ3n) is 4.70. The molecule has 1 amide bonds. The van der Waals surface area contributed by atoms with E-state index in [1.165, 1.54) is 6.20 Å². The Hall–Kier alpha value is -1.56. The lowest BCUT2D eigenvalue weighted by molar-refractivity contribution is -0.0273. The van der Waals surface area contributed by atoms with Gasteiger partial charge >= 0.3 is 6.09 Å². The van der Waals surface area contributed by atoms with Gasteiger partial charge in [0.2, 0.25) is 5.88 Å². The van der Waals surface area contributed by atoms with Crippen LogP contribution in [0, 0.1) is 5.92 Å². The third-order valence-corrected chi connectivity index (χ3v) is 4.89. The second kappa shape index (κ2) is 6.39. The zero-order valence-corrected chi connectivity index (χ0v) is 15.3. The van der Waals surface area contributed by atoms with Gasteiger partial charge in [0.05, 0.1) is 12.4 Å². The highest BCUT2D eigenvalue weighted by atomic mass is 35.5. The van der Waals surface area contributed by atoms with Gasteiger partial charge in [-0.25, -0.2) is 4.79 Å². The second-order valence-corrected chi connectivity index (χ2v) is 8.00. The highest BCUT2D eigenvalue weighted by molar-refractivity contribution is 6.29. The summed E-state index contributed by atoms with van der Waals surface area (Å²) in [6.07, 6.45) is 5.55. The topological polar surface area (TPSA) is 64.6 Å². The van der Waals surface area contributed by atoms with Gasteiger partial charge in [0.1, 0.15) is 11.7 Å². The van der Waals surface area contributed by atoms with Crippen LogP contribution in [0.2, 0.25) is 5.15 Å². The summed E-state index contributed by atoms with van der Waals surface area (Å²) in [6.45, 7) is 7.80. The molecule has 0 N–H and O–H groups in total. The number of nitrogens with zero attached hydrogens (tertiary/aromatic N) is 3. The molecule has 3 rings (SSSR count). The van der Waals surface area contributed by atoms with E-state index in [1.54, 1.807) is 6.20 Å². The molecule has 2 aliphatic rings. The lowest BCUT2D eigenvalue weighted by Crippen LogP contribution is -2.55. The number of piperidine rings is 1. The fourth-order valence-electron chi connectivity index (χ4n) is 3.68. The Morgan fingerprint density at radius 1 is 1.33 bits per heavy atom. The Balaban J connectivity index is 1.71. The van der Waals surface area contributed by atoms with Gasteiger partial charge in [-0.2, -0.15) is 4.98 Å². The van der Waals surface area contributed by atoms with E-state index >= 15 is 0 Å². The maximum atomic E-state index is 12.6. The summed E-state index contributed by atoms with van der Waals surface area (Å²) in [5.74, 6) is 0.626. The van der Waals surface area contributed by atoms with Crippen molar-refractivity contribution in [1.82, 2.24) is 14.9 Å². The van der Waals surface area contributed by atoms with Crippen molar-refractivity contribution in [2.45, 2.75) is 70.7 Å². The van der Waals surface area contributed by atoms with Crippen LogP contribution in [0.15, 0.2) is 12.4 Å². The monoisotopic (exact) mass is 353 g/mol. The van der Waals surface area contributed by atoms with Crippen LogP contribution in [0.25, 0.3) is 0 Å². The molecule has 6 nitrogen and oxygen atoms in total. The van der Waals surface area contributed by atoms with E-state index in [9.17, 15) is 4.79 Å². The predicted molar refractivity (Wildman–Crippen MR) is 90.1 cm³/mol. The number of halogens is 1. The van der Waals surface area contributed by atoms with Crippen LogP contribution in [-0.2, 0) is 4.74 Å². The minimum atomic E-state index is -0.483. The third kappa shape index (κ3) is 3.58. The standard InChI is InChI=1S/C17H24ClN3O3/c1-10-12-6-5-11(21(12)16(22)24-17(2,3)4)7-13(10)23-15-9-19-8-14(18)20-15/h8-13H,5-7H2,1-4H3/t10-,11+,12-,13+/m1/s1. The zero-order chi connectivity index (χ0) is 17.5. The number of rotatable bonds is 2. The van der Waals surface area contributed by atoms with Gasteiger partial charge in [0, 0.05) is 24.4 Å². The van der Waals surface area contributed by atoms with Crippen LogP contribution >= 0.6 is 11.6 Å². The van der Waals surface area contributed by atoms with E-state index in [0.717, 1.165) is 19.3 Å². The molecule has 1 aromatic rings. The van der Waals surface area contributed by atoms with Crippen molar-refractivity contribution in [3.63, 3.8) is 0 Å². The number of hydrogen-bond acceptors (Lipinski definition) is 5. The van der Waals surface area contributed by atoms with E-state index in [4.69, 9.17) is 21.1 Å². The first kappa shape index (κ1) is 17.3. The lowest BCUT2D eigenvalue weighted by Gasteiger charge is -2.43. The Morgan fingerprint density at radius 2 is 2.08 bits per heavy atom. The Morgan fingerprint density at radius 3 is 2.75 bits per heavy atom. The van der Waals surface area contributed by atoms with Crippen LogP contribution in [0.1, 0.15) is 47.0 Å². The average molecular weight is 354 g/mol. The van der Waals surface area contributed by atoms with E-state index < -0.39 is 5.60 Å². The van der Waals surface area contributed by atoms with Gasteiger partial charge in [-0.05, 0) is 33.6 Å². The molecule has 132 valence electrons. The smallest absolute Gasteiger partial charge is 0.410 e. The fraction of sp³-hybridized carbons (Fsp3) is 0.706. The molecule has 24 heavy (non-hydrogen) atoms. The van der Waals surface area contributed by atoms with Crippen molar-refractivity contribution in [2.75, 3.05) is 0 Å². The summed E-state index contributed by atoms with van der Waals surface area (Å²) in [5.41, 5.74) is -0.483. The minimum Gasteiger partial charge on any atom is -0.473 e. The number of hydrogen-bond donors (Lipinski definition) is 0. The number of carbonyl (C=O) groups is 1. The van der Waals surface area contributed by atoms with Crippen molar-refractivity contribution < 1.29 is 14.3 Å². The molecule has 2 fully saturated rings. The Bertz CT molecular complexity index is 619. The molecule has 0 aromatic carbocycles. The van der Waals surface area contributed by atoms with Gasteiger partial charge in [-0.15, -0.1) is 0 Å². The molecule has 2 saturated heterocycles. The number of ether oxygens (including phenoxy) is 2. The number of fused-ring (bicyclic) bond motifs is 2. The van der Waals surface area contributed by atoms with Crippen molar-refractivity contribution in [3.8, 4) is 5.88 Å². The first-order valence-electron chi connectivity index (χ1n) is 8.40. The van der Waals surface area contributed by atoms with E-state index in [1.807, 2.05) is 25.7 Å². The molecular formula is C17H24ClN3O3. The van der Waals surface area contributed by atoms with Gasteiger partial charge in [0.15, 0.2) is 5.15 Å². The van der Waals surface area contributed by atoms with E-state index in [2.05, 4.69) is 16.9 Å². The van der Waals surface area contributed by atoms with Crippen molar-refractivity contribution >= 4 is 17.7 Å². The summed E-state index contributed by atoms with van der Waals surface area (Å²) in [5, 5.41) is 0.314. The summed E-state index contributed by atoms with van der Waals surface area (Å²) in [6, 6.07) is 0.286. The lowest BCUT2D eigenvalue weighted by atomic mass is 9.89. The molecule has 2 aliphatic heterocycles. The van der Waals surface area contributed by atoms with Crippen molar-refractivity contribution in [3.05, 3.63) is 17.5 Å². The van der Waals surface area contributed by atoms with E-state index in [0.29, 0.717) is 11.0 Å². The summed E-state index contributed by atoms with van der Waals surface area (Å²) in [4.78, 5) is 22.6. The highest BCUT2D eigenvalue weighted by Gasteiger charge is 2.49. The molecular weight excluding hydrogens is 330 g/mol. The van der Waals surface area contributed by atoms with Gasteiger partial charge in [-0.1, -0.05) is 18.5 Å². The Kier molecular flexibility index (Phi) is 4.60. The molecule has 1 aromatic heterocycles. The zero-order valence-electron chi connectivity index (χ0n) is 14.5. The van der Waals surface area contributed by atoms with Gasteiger partial charge in [0.25, 0.3) is 0 Å². The van der Waals surface area contributed by atoms with Crippen LogP contribution in [0.4, 0.5) is 4.79 Å². The normalized spacial score (nSPS) is 29.5. The summed E-state index contributed by atoms with van der Waals surface area (Å²) in [7, 11) is 0. The number of aromatic nitrogens is 2. The minimum absolute atomic E-state index is 0.00560. The van der Waals surface area contributed by atoms with Crippen LogP contribution in [0.3, 0.4) is 0 Å².